The van der Waals surface area contributed by atoms with Gasteiger partial charge in [0.15, 0.2) is 0 Å². The van der Waals surface area contributed by atoms with Crippen LogP contribution in [0.2, 0.25) is 0 Å². The number of aromatic nitrogens is 1. The smallest absolute Gasteiger partial charge is 0.307 e. The molecule has 0 fully saturated rings. The molecule has 1 aliphatic rings. The van der Waals surface area contributed by atoms with Gasteiger partial charge < -0.3 is 9.84 Å². The number of carboxylic acids is 1. The monoisotopic (exact) mass is 443 g/mol. The van der Waals surface area contributed by atoms with Crippen molar-refractivity contribution in [1.82, 2.24) is 4.98 Å². The van der Waals surface area contributed by atoms with Crippen LogP contribution in [0.5, 0.6) is 5.75 Å². The van der Waals surface area contributed by atoms with Crippen LogP contribution in [0.1, 0.15) is 34.4 Å². The van der Waals surface area contributed by atoms with Gasteiger partial charge in [0.05, 0.1) is 19.2 Å². The molecule has 0 amide bonds. The molecule has 4 aromatic rings. The van der Waals surface area contributed by atoms with Crippen molar-refractivity contribution in [1.29, 1.82) is 0 Å². The van der Waals surface area contributed by atoms with Gasteiger partial charge in [-0.3, -0.25) is 4.79 Å². The first kappa shape index (κ1) is 20.7. The van der Waals surface area contributed by atoms with E-state index in [1.807, 2.05) is 43.3 Å². The Labute approximate surface area is 191 Å². The molecular formula is C27H25NO3S. The number of aliphatic carboxylic acids is 1. The SMILES string of the molecule is COc1ccc(C)cc1-c1nc2sc3c(c2c(-c2ccccc2)c1CC(=O)O)CCCC3. The summed E-state index contributed by atoms with van der Waals surface area (Å²) in [6.07, 6.45) is 4.36. The highest BCUT2D eigenvalue weighted by atomic mass is 32.1. The van der Waals surface area contributed by atoms with Crippen LogP contribution in [-0.2, 0) is 24.1 Å². The lowest BCUT2D eigenvalue weighted by Crippen LogP contribution is -2.07. The zero-order valence-corrected chi connectivity index (χ0v) is 19.1. The molecule has 0 spiro atoms. The van der Waals surface area contributed by atoms with Crippen LogP contribution < -0.4 is 4.74 Å². The Morgan fingerprint density at radius 1 is 1.12 bits per heavy atom. The predicted octanol–water partition coefficient (Wildman–Crippen LogP) is 6.45. The van der Waals surface area contributed by atoms with Crippen molar-refractivity contribution in [3.05, 3.63) is 70.1 Å². The van der Waals surface area contributed by atoms with Gasteiger partial charge in [0.2, 0.25) is 0 Å². The number of aryl methyl sites for hydroxylation is 3. The van der Waals surface area contributed by atoms with Crippen LogP contribution in [0.15, 0.2) is 48.5 Å². The number of fused-ring (bicyclic) bond motifs is 3. The van der Waals surface area contributed by atoms with Gasteiger partial charge in [-0.05, 0) is 67.0 Å². The Hall–Kier alpha value is -3.18. The van der Waals surface area contributed by atoms with Crippen LogP contribution in [-0.4, -0.2) is 23.2 Å². The van der Waals surface area contributed by atoms with Gasteiger partial charge >= 0.3 is 5.97 Å². The number of ether oxygens (including phenoxy) is 1. The van der Waals surface area contributed by atoms with Crippen molar-refractivity contribution in [2.45, 2.75) is 39.0 Å². The average molecular weight is 444 g/mol. The van der Waals surface area contributed by atoms with Crippen molar-refractivity contribution in [3.63, 3.8) is 0 Å². The number of rotatable bonds is 5. The quantitative estimate of drug-likeness (QED) is 0.385. The van der Waals surface area contributed by atoms with Crippen LogP contribution in [0.4, 0.5) is 0 Å². The molecule has 1 aliphatic carbocycles. The maximum Gasteiger partial charge on any atom is 0.307 e. The van der Waals surface area contributed by atoms with Crippen LogP contribution >= 0.6 is 11.3 Å². The molecule has 0 unspecified atom stereocenters. The van der Waals surface area contributed by atoms with Gasteiger partial charge in [-0.1, -0.05) is 42.0 Å². The molecule has 2 heterocycles. The van der Waals surface area contributed by atoms with E-state index in [0.29, 0.717) is 11.4 Å². The molecular weight excluding hydrogens is 418 g/mol. The molecule has 0 aliphatic heterocycles. The van der Waals surface area contributed by atoms with E-state index in [2.05, 4.69) is 12.1 Å². The maximum atomic E-state index is 12.1. The van der Waals surface area contributed by atoms with E-state index in [1.165, 1.54) is 16.9 Å². The van der Waals surface area contributed by atoms with Crippen molar-refractivity contribution in [2.75, 3.05) is 7.11 Å². The van der Waals surface area contributed by atoms with E-state index in [-0.39, 0.29) is 6.42 Å². The first-order valence-corrected chi connectivity index (χ1v) is 11.8. The average Bonchev–Trinajstić information content (AvgIpc) is 3.17. The largest absolute Gasteiger partial charge is 0.496 e. The second kappa shape index (κ2) is 8.40. The minimum atomic E-state index is -0.861. The van der Waals surface area contributed by atoms with E-state index in [0.717, 1.165) is 57.3 Å². The minimum absolute atomic E-state index is 0.0930. The number of nitrogens with zero attached hydrogens (tertiary/aromatic N) is 1. The second-order valence-corrected chi connectivity index (χ2v) is 9.43. The first-order valence-electron chi connectivity index (χ1n) is 11.0. The Morgan fingerprint density at radius 2 is 1.91 bits per heavy atom. The van der Waals surface area contributed by atoms with E-state index in [4.69, 9.17) is 9.72 Å². The summed E-state index contributed by atoms with van der Waals surface area (Å²) in [7, 11) is 1.64. The van der Waals surface area contributed by atoms with Crippen LogP contribution in [0.25, 0.3) is 32.6 Å². The van der Waals surface area contributed by atoms with E-state index < -0.39 is 5.97 Å². The second-order valence-electron chi connectivity index (χ2n) is 8.35. The molecule has 162 valence electrons. The van der Waals surface area contributed by atoms with Crippen molar-refractivity contribution in [3.8, 4) is 28.1 Å². The Kier molecular flexibility index (Phi) is 5.43. The molecule has 0 bridgehead atoms. The van der Waals surface area contributed by atoms with Crippen molar-refractivity contribution >= 4 is 27.5 Å². The number of pyridine rings is 1. The third-order valence-electron chi connectivity index (χ3n) is 6.20. The summed E-state index contributed by atoms with van der Waals surface area (Å²) >= 11 is 1.76. The molecule has 5 heteroatoms. The lowest BCUT2D eigenvalue weighted by atomic mass is 9.87. The highest BCUT2D eigenvalue weighted by Crippen LogP contribution is 2.46. The number of thiophene rings is 1. The van der Waals surface area contributed by atoms with Crippen molar-refractivity contribution < 1.29 is 14.6 Å². The first-order chi connectivity index (χ1) is 15.6. The van der Waals surface area contributed by atoms with E-state index >= 15 is 0 Å². The van der Waals surface area contributed by atoms with E-state index in [9.17, 15) is 9.90 Å². The zero-order valence-electron chi connectivity index (χ0n) is 18.3. The number of carboxylic acid groups (broad SMARTS) is 1. The highest BCUT2D eigenvalue weighted by molar-refractivity contribution is 7.19. The number of carbonyl (C=O) groups is 1. The number of hydrogen-bond acceptors (Lipinski definition) is 4. The van der Waals surface area contributed by atoms with Gasteiger partial charge in [0.25, 0.3) is 0 Å². The summed E-state index contributed by atoms with van der Waals surface area (Å²) in [5.74, 6) is -0.158. The molecule has 0 radical (unpaired) electrons. The minimum Gasteiger partial charge on any atom is -0.496 e. The Balaban J connectivity index is 1.94. The summed E-state index contributed by atoms with van der Waals surface area (Å²) in [6, 6.07) is 16.1. The number of methoxy groups -OCH3 is 1. The van der Waals surface area contributed by atoms with Gasteiger partial charge in [-0.15, -0.1) is 11.3 Å². The number of benzene rings is 2. The van der Waals surface area contributed by atoms with Gasteiger partial charge in [-0.25, -0.2) is 4.98 Å². The Bertz CT molecular complexity index is 1320. The summed E-state index contributed by atoms with van der Waals surface area (Å²) in [4.78, 5) is 19.6. The molecule has 32 heavy (non-hydrogen) atoms. The predicted molar refractivity (Wildman–Crippen MR) is 130 cm³/mol. The summed E-state index contributed by atoms with van der Waals surface area (Å²) in [6.45, 7) is 2.03. The fourth-order valence-electron chi connectivity index (χ4n) is 4.80. The highest BCUT2D eigenvalue weighted by Gasteiger charge is 2.27. The molecule has 1 N–H and O–H groups in total. The molecule has 5 rings (SSSR count). The van der Waals surface area contributed by atoms with Gasteiger partial charge in [-0.2, -0.15) is 0 Å². The number of hydrogen-bond donors (Lipinski definition) is 1. The summed E-state index contributed by atoms with van der Waals surface area (Å²) in [5.41, 5.74) is 6.79. The zero-order chi connectivity index (χ0) is 22.2. The third kappa shape index (κ3) is 3.56. The van der Waals surface area contributed by atoms with Crippen LogP contribution in [0.3, 0.4) is 0 Å². The lowest BCUT2D eigenvalue weighted by Gasteiger charge is -2.19. The third-order valence-corrected chi connectivity index (χ3v) is 7.39. The summed E-state index contributed by atoms with van der Waals surface area (Å²) in [5, 5.41) is 11.0. The molecule has 2 aromatic carbocycles. The molecule has 4 nitrogen and oxygen atoms in total. The van der Waals surface area contributed by atoms with Crippen molar-refractivity contribution in [2.24, 2.45) is 0 Å². The van der Waals surface area contributed by atoms with E-state index in [1.54, 1.807) is 18.4 Å². The molecule has 2 aromatic heterocycles. The Morgan fingerprint density at radius 3 is 2.66 bits per heavy atom. The standard InChI is InChI=1S/C27H25NO3S/c1-16-12-13-21(31-2)19(14-16)26-20(15-23(29)30)24(17-8-4-3-5-9-17)25-18-10-6-7-11-22(18)32-27(25)28-26/h3-5,8-9,12-14H,6-7,10-11,15H2,1-2H3,(H,29,30). The summed E-state index contributed by atoms with van der Waals surface area (Å²) < 4.78 is 5.67. The fraction of sp³-hybridized carbons (Fsp3) is 0.259. The topological polar surface area (TPSA) is 59.4 Å². The fourth-order valence-corrected chi connectivity index (χ4v) is 6.07. The van der Waals surface area contributed by atoms with Crippen LogP contribution in [0, 0.1) is 6.92 Å². The lowest BCUT2D eigenvalue weighted by molar-refractivity contribution is -0.136. The molecule has 0 atom stereocenters. The normalized spacial score (nSPS) is 13.2. The molecule has 0 saturated heterocycles. The molecule has 0 saturated carbocycles. The maximum absolute atomic E-state index is 12.1. The van der Waals surface area contributed by atoms with Gasteiger partial charge in [0, 0.05) is 15.8 Å². The van der Waals surface area contributed by atoms with Gasteiger partial charge in [0.1, 0.15) is 10.6 Å².